The van der Waals surface area contributed by atoms with Gasteiger partial charge >= 0.3 is 5.69 Å². The quantitative estimate of drug-likeness (QED) is 0.323. The molecule has 0 amide bonds. The summed E-state index contributed by atoms with van der Waals surface area (Å²) >= 11 is 5.87. The number of benzene rings is 1. The first-order valence-corrected chi connectivity index (χ1v) is 12.5. The lowest BCUT2D eigenvalue weighted by Gasteiger charge is -2.20. The Bertz CT molecular complexity index is 1920. The van der Waals surface area contributed by atoms with Gasteiger partial charge in [0.15, 0.2) is 11.6 Å². The Kier molecular flexibility index (Phi) is 6.27. The predicted octanol–water partition coefficient (Wildman–Crippen LogP) is 2.89. The zero-order chi connectivity index (χ0) is 28.3. The molecule has 1 aliphatic heterocycles. The van der Waals surface area contributed by atoms with Crippen molar-refractivity contribution in [1.29, 1.82) is 0 Å². The zero-order valence-corrected chi connectivity index (χ0v) is 21.6. The molecule has 0 saturated carbocycles. The number of aromatic nitrogens is 5. The van der Waals surface area contributed by atoms with Crippen molar-refractivity contribution in [2.24, 2.45) is 0 Å². The van der Waals surface area contributed by atoms with E-state index in [1.165, 1.54) is 40.6 Å². The number of anilines is 1. The summed E-state index contributed by atoms with van der Waals surface area (Å²) in [6.45, 7) is 0.439. The van der Waals surface area contributed by atoms with Gasteiger partial charge in [-0.2, -0.15) is 4.98 Å². The molecule has 0 bridgehead atoms. The summed E-state index contributed by atoms with van der Waals surface area (Å²) < 4.78 is 50.8. The molecule has 0 aliphatic carbocycles. The first-order chi connectivity index (χ1) is 19.2. The van der Waals surface area contributed by atoms with Gasteiger partial charge in [0, 0.05) is 31.4 Å². The van der Waals surface area contributed by atoms with Crippen molar-refractivity contribution < 1.29 is 23.0 Å². The van der Waals surface area contributed by atoms with Gasteiger partial charge in [0.2, 0.25) is 5.88 Å². The Morgan fingerprint density at radius 3 is 2.67 bits per heavy atom. The SMILES string of the molecule is COc1nc(N2CC[C@@H](O)C2)cc2c1c(=O)n(-c1cnc3cc(F)ccn13)c(=O)n2Cc1cc(F)c(F)c(Cl)c1. The van der Waals surface area contributed by atoms with Crippen LogP contribution < -0.4 is 20.9 Å². The highest BCUT2D eigenvalue weighted by Gasteiger charge is 2.26. The highest BCUT2D eigenvalue weighted by atomic mass is 35.5. The number of imidazole rings is 1. The van der Waals surface area contributed by atoms with E-state index in [0.29, 0.717) is 18.8 Å². The molecule has 14 heteroatoms. The summed E-state index contributed by atoms with van der Waals surface area (Å²) in [7, 11) is 1.32. The highest BCUT2D eigenvalue weighted by molar-refractivity contribution is 6.30. The number of fused-ring (bicyclic) bond motifs is 2. The Labute approximate surface area is 228 Å². The van der Waals surface area contributed by atoms with Crippen LogP contribution in [0.15, 0.2) is 52.3 Å². The fraction of sp³-hybridized carbons (Fsp3) is 0.231. The summed E-state index contributed by atoms with van der Waals surface area (Å²) in [4.78, 5) is 38.3. The third-order valence-corrected chi connectivity index (χ3v) is 7.11. The molecule has 206 valence electrons. The Morgan fingerprint density at radius 1 is 1.18 bits per heavy atom. The minimum atomic E-state index is -1.23. The molecule has 0 radical (unpaired) electrons. The van der Waals surface area contributed by atoms with Crippen LogP contribution in [0.4, 0.5) is 19.0 Å². The topological polar surface area (TPSA) is 107 Å². The smallest absolute Gasteiger partial charge is 0.337 e. The maximum atomic E-state index is 14.3. The van der Waals surface area contributed by atoms with Crippen molar-refractivity contribution in [3.63, 3.8) is 0 Å². The fourth-order valence-corrected chi connectivity index (χ4v) is 5.17. The minimum Gasteiger partial charge on any atom is -0.480 e. The second-order valence-corrected chi connectivity index (χ2v) is 9.75. The van der Waals surface area contributed by atoms with Crippen LogP contribution in [0.3, 0.4) is 0 Å². The van der Waals surface area contributed by atoms with Gasteiger partial charge in [-0.25, -0.2) is 27.5 Å². The molecule has 0 spiro atoms. The van der Waals surface area contributed by atoms with E-state index in [2.05, 4.69) is 9.97 Å². The summed E-state index contributed by atoms with van der Waals surface area (Å²) in [6, 6.07) is 5.87. The number of aliphatic hydroxyl groups excluding tert-OH is 1. The lowest BCUT2D eigenvalue weighted by Crippen LogP contribution is -2.40. The number of halogens is 4. The molecule has 40 heavy (non-hydrogen) atoms. The number of hydrogen-bond donors (Lipinski definition) is 1. The Morgan fingerprint density at radius 2 is 1.98 bits per heavy atom. The van der Waals surface area contributed by atoms with Crippen LogP contribution in [-0.2, 0) is 6.54 Å². The third-order valence-electron chi connectivity index (χ3n) is 6.83. The molecule has 1 aliphatic rings. The van der Waals surface area contributed by atoms with Crippen molar-refractivity contribution in [2.45, 2.75) is 19.1 Å². The van der Waals surface area contributed by atoms with Crippen LogP contribution in [0.1, 0.15) is 12.0 Å². The lowest BCUT2D eigenvalue weighted by molar-refractivity contribution is 0.198. The number of β-amino-alcohol motifs (C(OH)–C–C–N with tert-alkyl or cyclic N) is 1. The molecular formula is C26H20ClF3N6O4. The summed E-state index contributed by atoms with van der Waals surface area (Å²) in [5.41, 5.74) is -1.23. The lowest BCUT2D eigenvalue weighted by atomic mass is 10.2. The van der Waals surface area contributed by atoms with Gasteiger partial charge < -0.3 is 14.7 Å². The minimum absolute atomic E-state index is 0.0118. The van der Waals surface area contributed by atoms with Gasteiger partial charge in [-0.3, -0.25) is 13.8 Å². The van der Waals surface area contributed by atoms with Gasteiger partial charge in [0.05, 0.1) is 36.5 Å². The number of rotatable bonds is 5. The predicted molar refractivity (Wildman–Crippen MR) is 140 cm³/mol. The van der Waals surface area contributed by atoms with E-state index in [-0.39, 0.29) is 46.9 Å². The van der Waals surface area contributed by atoms with Gasteiger partial charge in [-0.15, -0.1) is 0 Å². The van der Waals surface area contributed by atoms with Crippen molar-refractivity contribution in [1.82, 2.24) is 23.5 Å². The molecule has 1 atom stereocenters. The maximum Gasteiger partial charge on any atom is 0.337 e. The Hall–Kier alpha value is -4.36. The zero-order valence-electron chi connectivity index (χ0n) is 20.8. The van der Waals surface area contributed by atoms with Crippen LogP contribution in [0.25, 0.3) is 22.4 Å². The van der Waals surface area contributed by atoms with Crippen LogP contribution in [0.2, 0.25) is 5.02 Å². The van der Waals surface area contributed by atoms with Gasteiger partial charge in [-0.1, -0.05) is 11.6 Å². The number of nitrogens with zero attached hydrogens (tertiary/aromatic N) is 6. The normalized spacial score (nSPS) is 15.4. The van der Waals surface area contributed by atoms with E-state index >= 15 is 0 Å². The Balaban J connectivity index is 1.67. The van der Waals surface area contributed by atoms with Gasteiger partial charge in [0.25, 0.3) is 5.56 Å². The van der Waals surface area contributed by atoms with E-state index in [1.54, 1.807) is 4.90 Å². The van der Waals surface area contributed by atoms with Crippen LogP contribution >= 0.6 is 11.6 Å². The molecule has 5 heterocycles. The standard InChI is InChI=1S/C26H20ClF3N6O4/c1-40-24-22-18(9-20(32-24)33-4-3-15(37)12-33)35(11-13-6-16(27)23(30)17(29)7-13)26(39)36(25(22)38)21-10-31-19-8-14(28)2-5-34(19)21/h2,5-10,15,37H,3-4,11-12H2,1H3/t15-/m1/s1. The number of aliphatic hydroxyl groups is 1. The molecular weight excluding hydrogens is 553 g/mol. The molecule has 6 rings (SSSR count). The monoisotopic (exact) mass is 572 g/mol. The second-order valence-electron chi connectivity index (χ2n) is 9.34. The number of methoxy groups -OCH3 is 1. The molecule has 10 nitrogen and oxygen atoms in total. The van der Waals surface area contributed by atoms with E-state index in [4.69, 9.17) is 16.3 Å². The molecule has 1 saturated heterocycles. The maximum absolute atomic E-state index is 14.3. The van der Waals surface area contributed by atoms with Crippen LogP contribution in [0.5, 0.6) is 5.88 Å². The first kappa shape index (κ1) is 25.9. The van der Waals surface area contributed by atoms with Crippen molar-refractivity contribution >= 4 is 34.0 Å². The van der Waals surface area contributed by atoms with Crippen LogP contribution in [0, 0.1) is 17.5 Å². The van der Waals surface area contributed by atoms with Crippen molar-refractivity contribution in [3.8, 4) is 11.7 Å². The third kappa shape index (κ3) is 4.18. The average molecular weight is 573 g/mol. The van der Waals surface area contributed by atoms with Crippen molar-refractivity contribution in [2.75, 3.05) is 25.1 Å². The van der Waals surface area contributed by atoms with Crippen molar-refractivity contribution in [3.05, 3.63) is 91.6 Å². The number of ether oxygens (including phenoxy) is 1. The first-order valence-electron chi connectivity index (χ1n) is 12.1. The molecule has 4 aromatic heterocycles. The van der Waals surface area contributed by atoms with Gasteiger partial charge in [-0.05, 0) is 30.2 Å². The van der Waals surface area contributed by atoms with E-state index in [0.717, 1.165) is 22.8 Å². The number of pyridine rings is 2. The summed E-state index contributed by atoms with van der Waals surface area (Å²) in [6.07, 6.45) is 2.48. The van der Waals surface area contributed by atoms with Crippen LogP contribution in [-0.4, -0.2) is 54.9 Å². The average Bonchev–Trinajstić information content (AvgIpc) is 3.55. The second kappa shape index (κ2) is 9.68. The molecule has 1 fully saturated rings. The molecule has 5 aromatic rings. The number of hydrogen-bond acceptors (Lipinski definition) is 7. The van der Waals surface area contributed by atoms with E-state index < -0.39 is 39.8 Å². The summed E-state index contributed by atoms with van der Waals surface area (Å²) in [5.74, 6) is -2.73. The molecule has 1 aromatic carbocycles. The highest BCUT2D eigenvalue weighted by Crippen LogP contribution is 2.29. The fourth-order valence-electron chi connectivity index (χ4n) is 4.94. The largest absolute Gasteiger partial charge is 0.480 e. The van der Waals surface area contributed by atoms with E-state index in [1.807, 2.05) is 0 Å². The molecule has 0 unspecified atom stereocenters. The molecule has 1 N–H and O–H groups in total. The van der Waals surface area contributed by atoms with E-state index in [9.17, 15) is 27.9 Å². The summed E-state index contributed by atoms with van der Waals surface area (Å²) in [5, 5.41) is 9.49. The van der Waals surface area contributed by atoms with Gasteiger partial charge in [0.1, 0.15) is 28.5 Å².